The molecule has 0 saturated heterocycles. The number of allylic oxidation sites excluding steroid dienone is 2. The van der Waals surface area contributed by atoms with Crippen molar-refractivity contribution in [1.82, 2.24) is 0 Å². The quantitative estimate of drug-likeness (QED) is 0.331. The van der Waals surface area contributed by atoms with Crippen LogP contribution in [-0.2, 0) is 0 Å². The van der Waals surface area contributed by atoms with Gasteiger partial charge in [-0.15, -0.1) is 11.6 Å². The van der Waals surface area contributed by atoms with Crippen molar-refractivity contribution in [3.05, 3.63) is 32.6 Å². The van der Waals surface area contributed by atoms with Crippen LogP contribution in [-0.4, -0.2) is 15.8 Å². The fourth-order valence-corrected chi connectivity index (χ4v) is 1.89. The van der Waals surface area contributed by atoms with Gasteiger partial charge < -0.3 is 0 Å². The smallest absolute Gasteiger partial charge is 0.262 e. The van der Waals surface area contributed by atoms with Crippen LogP contribution in [0.5, 0.6) is 0 Å². The first-order valence-corrected chi connectivity index (χ1v) is 4.85. The summed E-state index contributed by atoms with van der Waals surface area (Å²) in [6.07, 6.45) is 0.530. The number of nitrogens with zero attached hydrogens (tertiary/aromatic N) is 1. The summed E-state index contributed by atoms with van der Waals surface area (Å²) in [5, 5.41) is 10.6. The molecular formula is C7H5Cl3FNO2. The lowest BCUT2D eigenvalue weighted by Gasteiger charge is -2.21. The fourth-order valence-electron chi connectivity index (χ4n) is 1.01. The normalized spacial score (nSPS) is 27.6. The molecule has 0 aromatic heterocycles. The first-order chi connectivity index (χ1) is 6.41. The highest BCUT2D eigenvalue weighted by molar-refractivity contribution is 6.33. The van der Waals surface area contributed by atoms with Crippen molar-refractivity contribution >= 4 is 34.8 Å². The summed E-state index contributed by atoms with van der Waals surface area (Å²) < 4.78 is 13.2. The van der Waals surface area contributed by atoms with Crippen molar-refractivity contribution < 1.29 is 9.31 Å². The number of hydrogen-bond acceptors (Lipinski definition) is 2. The Hall–Kier alpha value is -0.320. The van der Waals surface area contributed by atoms with Crippen molar-refractivity contribution in [3.63, 3.8) is 0 Å². The van der Waals surface area contributed by atoms with Gasteiger partial charge in [-0.3, -0.25) is 10.1 Å². The van der Waals surface area contributed by atoms with Crippen LogP contribution >= 0.6 is 34.8 Å². The molecule has 0 spiro atoms. The molecule has 0 fully saturated rings. The average molecular weight is 260 g/mol. The zero-order valence-corrected chi connectivity index (χ0v) is 9.03. The Labute approximate surface area is 94.3 Å². The largest absolute Gasteiger partial charge is 0.350 e. The van der Waals surface area contributed by atoms with Crippen molar-refractivity contribution in [3.8, 4) is 0 Å². The maximum Gasteiger partial charge on any atom is 0.350 e. The molecule has 0 N–H and O–H groups in total. The fraction of sp³-hybridized carbons (Fsp3) is 0.429. The predicted octanol–water partition coefficient (Wildman–Crippen LogP) is 3.19. The molecule has 1 atom stereocenters. The number of rotatable bonds is 2. The second-order valence-electron chi connectivity index (χ2n) is 2.75. The van der Waals surface area contributed by atoms with E-state index in [-0.39, 0.29) is 17.3 Å². The van der Waals surface area contributed by atoms with E-state index in [0.717, 1.165) is 6.08 Å². The van der Waals surface area contributed by atoms with E-state index >= 15 is 0 Å². The molecule has 14 heavy (non-hydrogen) atoms. The van der Waals surface area contributed by atoms with Crippen LogP contribution < -0.4 is 0 Å². The van der Waals surface area contributed by atoms with E-state index in [1.165, 1.54) is 0 Å². The highest BCUT2D eigenvalue weighted by atomic mass is 35.5. The Morgan fingerprint density at radius 1 is 1.71 bits per heavy atom. The summed E-state index contributed by atoms with van der Waals surface area (Å²) in [5.74, 6) is -1.04. The molecule has 0 radical (unpaired) electrons. The molecule has 7 heteroatoms. The lowest BCUT2D eigenvalue weighted by molar-refractivity contribution is -0.533. The molecule has 0 bridgehead atoms. The van der Waals surface area contributed by atoms with Crippen LogP contribution in [0, 0.1) is 10.1 Å². The summed E-state index contributed by atoms with van der Waals surface area (Å²) in [5.41, 5.74) is 0.323. The summed E-state index contributed by atoms with van der Waals surface area (Å²) in [4.78, 5) is 7.33. The average Bonchev–Trinajstić information content (AvgIpc) is 2.11. The van der Waals surface area contributed by atoms with Crippen LogP contribution in [0.3, 0.4) is 0 Å². The lowest BCUT2D eigenvalue weighted by Crippen LogP contribution is -2.34. The van der Waals surface area contributed by atoms with Crippen LogP contribution in [0.15, 0.2) is 22.5 Å². The minimum Gasteiger partial charge on any atom is -0.262 e. The Morgan fingerprint density at radius 2 is 2.29 bits per heavy atom. The summed E-state index contributed by atoms with van der Waals surface area (Å²) in [6, 6.07) is 0. The zero-order chi connectivity index (χ0) is 10.9. The maximum absolute atomic E-state index is 13.2. The Bertz CT molecular complexity index is 342. The van der Waals surface area contributed by atoms with Gasteiger partial charge in [0.15, 0.2) is 5.83 Å². The molecule has 0 aliphatic heterocycles. The highest BCUT2D eigenvalue weighted by Crippen LogP contribution is 2.40. The topological polar surface area (TPSA) is 43.1 Å². The maximum atomic E-state index is 13.2. The minimum atomic E-state index is -2.27. The molecule has 0 amide bonds. The monoisotopic (exact) mass is 259 g/mol. The van der Waals surface area contributed by atoms with Gasteiger partial charge in [0.05, 0.1) is 11.3 Å². The summed E-state index contributed by atoms with van der Waals surface area (Å²) in [6.45, 7) is 0. The SMILES string of the molecule is O=[N+]([O-])C1(Cl)CC(Cl)=C(CCl)C=C1F. The molecular weight excluding hydrogens is 255 g/mol. The number of halogens is 4. The first kappa shape index (κ1) is 11.8. The molecule has 1 rings (SSSR count). The first-order valence-electron chi connectivity index (χ1n) is 3.56. The van der Waals surface area contributed by atoms with Gasteiger partial charge in [-0.2, -0.15) is 0 Å². The van der Waals surface area contributed by atoms with Gasteiger partial charge in [0, 0.05) is 10.9 Å². The Kier molecular flexibility index (Phi) is 3.40. The van der Waals surface area contributed by atoms with Crippen molar-refractivity contribution in [2.45, 2.75) is 11.4 Å². The van der Waals surface area contributed by atoms with E-state index in [9.17, 15) is 14.5 Å². The molecule has 0 aromatic rings. The second-order valence-corrected chi connectivity index (χ2v) is 4.10. The Balaban J connectivity index is 3.11. The van der Waals surface area contributed by atoms with Gasteiger partial charge in [-0.1, -0.05) is 11.6 Å². The minimum absolute atomic E-state index is 0.00304. The molecule has 1 aliphatic rings. The molecule has 1 unspecified atom stereocenters. The van der Waals surface area contributed by atoms with Gasteiger partial charge in [0.25, 0.3) is 0 Å². The van der Waals surface area contributed by atoms with E-state index in [2.05, 4.69) is 0 Å². The second kappa shape index (κ2) is 4.04. The van der Waals surface area contributed by atoms with Crippen molar-refractivity contribution in [1.29, 1.82) is 0 Å². The van der Waals surface area contributed by atoms with Gasteiger partial charge in [0.1, 0.15) is 0 Å². The highest BCUT2D eigenvalue weighted by Gasteiger charge is 2.49. The van der Waals surface area contributed by atoms with Crippen molar-refractivity contribution in [2.75, 3.05) is 5.88 Å². The number of hydrogen-bond donors (Lipinski definition) is 0. The van der Waals surface area contributed by atoms with Crippen LogP contribution in [0.2, 0.25) is 0 Å². The summed E-state index contributed by atoms with van der Waals surface area (Å²) >= 11 is 16.6. The lowest BCUT2D eigenvalue weighted by atomic mass is 10.0. The third-order valence-corrected chi connectivity index (χ3v) is 2.95. The third-order valence-electron chi connectivity index (χ3n) is 1.84. The zero-order valence-electron chi connectivity index (χ0n) is 6.77. The summed E-state index contributed by atoms with van der Waals surface area (Å²) in [7, 11) is 0. The number of alkyl halides is 2. The van der Waals surface area contributed by atoms with E-state index in [1.54, 1.807) is 0 Å². The molecule has 0 saturated carbocycles. The van der Waals surface area contributed by atoms with Crippen molar-refractivity contribution in [2.24, 2.45) is 0 Å². The molecule has 3 nitrogen and oxygen atoms in total. The van der Waals surface area contributed by atoms with Crippen LogP contribution in [0.25, 0.3) is 0 Å². The van der Waals surface area contributed by atoms with Gasteiger partial charge in [0.2, 0.25) is 0 Å². The number of nitro groups is 1. The van der Waals surface area contributed by atoms with E-state index in [1.807, 2.05) is 0 Å². The van der Waals surface area contributed by atoms with Crippen LogP contribution in [0.1, 0.15) is 6.42 Å². The molecule has 0 aromatic carbocycles. The van der Waals surface area contributed by atoms with Gasteiger partial charge >= 0.3 is 5.00 Å². The van der Waals surface area contributed by atoms with Gasteiger partial charge in [-0.05, 0) is 23.3 Å². The van der Waals surface area contributed by atoms with E-state index in [0.29, 0.717) is 5.57 Å². The Morgan fingerprint density at radius 3 is 2.71 bits per heavy atom. The molecule has 1 aliphatic carbocycles. The third kappa shape index (κ3) is 1.87. The molecule has 78 valence electrons. The standard InChI is InChI=1S/C7H5Cl3FNO2/c8-3-4-1-6(11)7(10,12(13)14)2-5(4)9/h1H,2-3H2. The van der Waals surface area contributed by atoms with E-state index in [4.69, 9.17) is 34.8 Å². The van der Waals surface area contributed by atoms with Gasteiger partial charge in [-0.25, -0.2) is 4.39 Å². The molecule has 0 heterocycles. The predicted molar refractivity (Wildman–Crippen MR) is 53.0 cm³/mol. The van der Waals surface area contributed by atoms with E-state index < -0.39 is 15.7 Å². The van der Waals surface area contributed by atoms with Crippen LogP contribution in [0.4, 0.5) is 4.39 Å².